The van der Waals surface area contributed by atoms with E-state index in [0.29, 0.717) is 6.42 Å². The zero-order valence-electron chi connectivity index (χ0n) is 29.1. The van der Waals surface area contributed by atoms with E-state index in [1.807, 2.05) is 32.9 Å². The number of carboxylic acid groups (broad SMARTS) is 1. The number of hydrogen-bond donors (Lipinski definition) is 6. The smallest absolute Gasteiger partial charge is 0.328 e. The molecule has 2 saturated heterocycles. The van der Waals surface area contributed by atoms with Crippen LogP contribution in [0.4, 0.5) is 0 Å². The molecule has 2 fully saturated rings. The van der Waals surface area contributed by atoms with E-state index in [-0.39, 0.29) is 31.1 Å². The van der Waals surface area contributed by atoms with Gasteiger partial charge in [0.15, 0.2) is 0 Å². The van der Waals surface area contributed by atoms with Crippen LogP contribution in [0, 0.1) is 17.3 Å². The van der Waals surface area contributed by atoms with Crippen molar-refractivity contribution in [2.24, 2.45) is 17.3 Å². The second kappa shape index (κ2) is 19.1. The number of nitrogens with one attached hydrogen (secondary N) is 1. The number of methoxy groups -OCH3 is 1. The van der Waals surface area contributed by atoms with E-state index in [9.17, 15) is 30.0 Å². The summed E-state index contributed by atoms with van der Waals surface area (Å²) in [7, 11) is 1.61. The van der Waals surface area contributed by atoms with Crippen LogP contribution in [0.2, 0.25) is 0 Å². The number of aliphatic hydroxyl groups is 4. The molecular weight excluding hydrogens is 618 g/mol. The Labute approximate surface area is 284 Å². The molecule has 11 nitrogen and oxygen atoms in total. The number of amides is 1. The van der Waals surface area contributed by atoms with Crippen LogP contribution in [0.25, 0.3) is 0 Å². The number of allylic oxidation sites excluding steroid dienone is 9. The number of aliphatic carboxylic acids is 1. The molecule has 6 N–H and O–H groups in total. The van der Waals surface area contributed by atoms with E-state index in [1.165, 1.54) is 6.08 Å². The zero-order valence-corrected chi connectivity index (χ0v) is 29.1. The number of carboxylic acids is 1. The maximum atomic E-state index is 13.2. The average Bonchev–Trinajstić information content (AvgIpc) is 3.41. The molecule has 10 atom stereocenters. The molecule has 0 saturated carbocycles. The third kappa shape index (κ3) is 10.7. The lowest BCUT2D eigenvalue weighted by Gasteiger charge is -2.53. The summed E-state index contributed by atoms with van der Waals surface area (Å²) < 4.78 is 17.9. The Kier molecular flexibility index (Phi) is 16.4. The molecule has 2 rings (SSSR count). The highest BCUT2D eigenvalue weighted by molar-refractivity contribution is 5.80. The van der Waals surface area contributed by atoms with E-state index >= 15 is 0 Å². The Morgan fingerprint density at radius 2 is 1.69 bits per heavy atom. The van der Waals surface area contributed by atoms with Gasteiger partial charge in [0.1, 0.15) is 12.2 Å². The molecule has 0 aromatic heterocycles. The maximum absolute atomic E-state index is 13.2. The minimum Gasteiger partial charge on any atom is -0.478 e. The van der Waals surface area contributed by atoms with Crippen LogP contribution < -0.4 is 5.32 Å². The van der Waals surface area contributed by atoms with Crippen molar-refractivity contribution in [3.63, 3.8) is 0 Å². The third-order valence-electron chi connectivity index (χ3n) is 9.06. The van der Waals surface area contributed by atoms with Crippen LogP contribution in [0.3, 0.4) is 0 Å². The Morgan fingerprint density at radius 1 is 1.02 bits per heavy atom. The van der Waals surface area contributed by atoms with Gasteiger partial charge in [0.25, 0.3) is 0 Å². The predicted molar refractivity (Wildman–Crippen MR) is 184 cm³/mol. The predicted octanol–water partition coefficient (Wildman–Crippen LogP) is 3.52. The van der Waals surface area contributed by atoms with E-state index in [0.717, 1.165) is 11.6 Å². The molecule has 2 aliphatic rings. The second-order valence-corrected chi connectivity index (χ2v) is 12.9. The van der Waals surface area contributed by atoms with Gasteiger partial charge in [-0.1, -0.05) is 101 Å². The van der Waals surface area contributed by atoms with Crippen molar-refractivity contribution in [1.29, 1.82) is 0 Å². The lowest BCUT2D eigenvalue weighted by molar-refractivity contribution is -0.359. The average molecular weight is 674 g/mol. The highest BCUT2D eigenvalue weighted by Gasteiger charge is 2.60. The number of rotatable bonds is 16. The summed E-state index contributed by atoms with van der Waals surface area (Å²) in [4.78, 5) is 23.8. The van der Waals surface area contributed by atoms with Crippen molar-refractivity contribution in [2.45, 2.75) is 103 Å². The molecular formula is C37H55NO10. The zero-order chi connectivity index (χ0) is 36.1. The molecule has 11 heteroatoms. The summed E-state index contributed by atoms with van der Waals surface area (Å²) in [5.74, 6) is -5.10. The molecule has 0 aromatic carbocycles. The summed E-state index contributed by atoms with van der Waals surface area (Å²) in [6.07, 6.45) is 16.5. The van der Waals surface area contributed by atoms with E-state index in [1.54, 1.807) is 82.6 Å². The van der Waals surface area contributed by atoms with E-state index < -0.39 is 59.5 Å². The SMILES string of the molecule is CC=CC=C[C@@H]1O[C@](O)([C@H](CC)C(=O)NCC=CC=C(C)[C@@H](OC)[C@@H](C)[C@H]2C[C@@H](O)[C@@H](C=CC=CC=CC(=O)O)O2)[C@H](O)[C@H](O)C1(C)C. The normalized spacial score (nSPS) is 31.9. The highest BCUT2D eigenvalue weighted by atomic mass is 16.7. The summed E-state index contributed by atoms with van der Waals surface area (Å²) in [6.45, 7) is 11.1. The van der Waals surface area contributed by atoms with E-state index in [4.69, 9.17) is 19.3 Å². The Morgan fingerprint density at radius 3 is 2.31 bits per heavy atom. The summed E-state index contributed by atoms with van der Waals surface area (Å²) >= 11 is 0. The summed E-state index contributed by atoms with van der Waals surface area (Å²) in [6, 6.07) is 0. The molecule has 268 valence electrons. The molecule has 2 aliphatic heterocycles. The van der Waals surface area contributed by atoms with Gasteiger partial charge in [0.2, 0.25) is 11.7 Å². The minimum absolute atomic E-state index is 0.0913. The monoisotopic (exact) mass is 673 g/mol. The summed E-state index contributed by atoms with van der Waals surface area (Å²) in [5, 5.41) is 55.3. The van der Waals surface area contributed by atoms with Gasteiger partial charge in [-0.2, -0.15) is 0 Å². The summed E-state index contributed by atoms with van der Waals surface area (Å²) in [5.41, 5.74) is -0.0158. The Bertz CT molecular complexity index is 1260. The van der Waals surface area contributed by atoms with Crippen LogP contribution in [-0.2, 0) is 23.8 Å². The molecule has 1 amide bonds. The lowest BCUT2D eigenvalue weighted by atomic mass is 9.71. The van der Waals surface area contributed by atoms with Gasteiger partial charge in [-0.3, -0.25) is 4.79 Å². The van der Waals surface area contributed by atoms with Crippen molar-refractivity contribution >= 4 is 11.9 Å². The number of aliphatic hydroxyl groups excluding tert-OH is 3. The van der Waals surface area contributed by atoms with E-state index in [2.05, 4.69) is 5.32 Å². The molecule has 0 aromatic rings. The third-order valence-corrected chi connectivity index (χ3v) is 9.06. The fourth-order valence-electron chi connectivity index (χ4n) is 6.09. The van der Waals surface area contributed by atoms with Crippen molar-refractivity contribution in [1.82, 2.24) is 5.32 Å². The van der Waals surface area contributed by atoms with Crippen molar-refractivity contribution in [3.05, 3.63) is 84.6 Å². The second-order valence-electron chi connectivity index (χ2n) is 12.9. The Balaban J connectivity index is 2.01. The number of carbonyl (C=O) groups is 2. The first-order chi connectivity index (χ1) is 22.6. The van der Waals surface area contributed by atoms with Gasteiger partial charge >= 0.3 is 5.97 Å². The van der Waals surface area contributed by atoms with Gasteiger partial charge in [-0.15, -0.1) is 0 Å². The molecule has 0 unspecified atom stereocenters. The van der Waals surface area contributed by atoms with Crippen molar-refractivity contribution in [2.75, 3.05) is 13.7 Å². The molecule has 48 heavy (non-hydrogen) atoms. The van der Waals surface area contributed by atoms with Gasteiger partial charge < -0.3 is 45.1 Å². The minimum atomic E-state index is -2.30. The van der Waals surface area contributed by atoms with Gasteiger partial charge in [-0.05, 0) is 25.8 Å². The van der Waals surface area contributed by atoms with Crippen molar-refractivity contribution in [3.8, 4) is 0 Å². The highest BCUT2D eigenvalue weighted by Crippen LogP contribution is 2.44. The topological polar surface area (TPSA) is 175 Å². The number of carbonyl (C=O) groups excluding carboxylic acids is 1. The lowest BCUT2D eigenvalue weighted by Crippen LogP contribution is -2.69. The molecule has 0 radical (unpaired) electrons. The maximum Gasteiger partial charge on any atom is 0.328 e. The van der Waals surface area contributed by atoms with Gasteiger partial charge in [0.05, 0.1) is 36.4 Å². The molecule has 0 aliphatic carbocycles. The standard InChI is InChI=1S/C37H55NO10/c1-8-10-13-20-30-36(5,6)33(42)34(43)37(45,48-30)26(9-2)35(44)38-22-17-16-18-24(3)32(46-7)25(4)29-23-27(39)28(47-29)19-14-11-12-15-21-31(40)41/h8,10-21,25-30,32-34,39,42-43,45H,9,22-23H2,1-7H3,(H,38,44)(H,40,41)/t25-,26+,27+,28+,29+,30-,32+,33-,34+,37+/m0/s1. The van der Waals surface area contributed by atoms with Gasteiger partial charge in [0, 0.05) is 37.5 Å². The van der Waals surface area contributed by atoms with Gasteiger partial charge in [-0.25, -0.2) is 4.79 Å². The van der Waals surface area contributed by atoms with Crippen LogP contribution in [0.15, 0.2) is 84.6 Å². The number of ether oxygens (including phenoxy) is 3. The van der Waals surface area contributed by atoms with Crippen LogP contribution in [0.1, 0.15) is 54.4 Å². The first kappa shape index (κ1) is 41.0. The first-order valence-corrected chi connectivity index (χ1v) is 16.4. The Hall–Kier alpha value is -3.16. The quantitative estimate of drug-likeness (QED) is 0.105. The largest absolute Gasteiger partial charge is 0.478 e. The van der Waals surface area contributed by atoms with Crippen LogP contribution >= 0.6 is 0 Å². The molecule has 0 bridgehead atoms. The van der Waals surface area contributed by atoms with Crippen molar-refractivity contribution < 1.29 is 49.3 Å². The fraction of sp³-hybridized carbons (Fsp3) is 0.568. The molecule has 2 heterocycles. The van der Waals surface area contributed by atoms with Crippen LogP contribution in [0.5, 0.6) is 0 Å². The molecule has 0 spiro atoms. The fourth-order valence-corrected chi connectivity index (χ4v) is 6.09. The number of hydrogen-bond acceptors (Lipinski definition) is 9. The first-order valence-electron chi connectivity index (χ1n) is 16.4. The van der Waals surface area contributed by atoms with Crippen LogP contribution in [-0.4, -0.2) is 99.6 Å².